The summed E-state index contributed by atoms with van der Waals surface area (Å²) < 4.78 is 0. The topological polar surface area (TPSA) is 41.1 Å². The van der Waals surface area contributed by atoms with Gasteiger partial charge in [0, 0.05) is 18.5 Å². The van der Waals surface area contributed by atoms with Gasteiger partial charge >= 0.3 is 0 Å². The van der Waals surface area contributed by atoms with Crippen molar-refractivity contribution in [1.29, 1.82) is 0 Å². The fourth-order valence-electron chi connectivity index (χ4n) is 1.24. The lowest BCUT2D eigenvalue weighted by atomic mass is 10.2. The van der Waals surface area contributed by atoms with E-state index in [0.717, 1.165) is 18.0 Å². The van der Waals surface area contributed by atoms with Gasteiger partial charge in [-0.3, -0.25) is 4.79 Å². The molecule has 0 spiro atoms. The van der Waals surface area contributed by atoms with Crippen molar-refractivity contribution in [3.8, 4) is 0 Å². The second-order valence-electron chi connectivity index (χ2n) is 3.39. The van der Waals surface area contributed by atoms with Gasteiger partial charge < -0.3 is 10.6 Å². The van der Waals surface area contributed by atoms with Crippen LogP contribution in [0.15, 0.2) is 29.2 Å². The van der Waals surface area contributed by atoms with Gasteiger partial charge in [0.1, 0.15) is 0 Å². The molecular weight excluding hydrogens is 220 g/mol. The van der Waals surface area contributed by atoms with E-state index in [0.29, 0.717) is 5.75 Å². The molecule has 4 heteroatoms. The van der Waals surface area contributed by atoms with Crippen molar-refractivity contribution >= 4 is 17.7 Å². The average Bonchev–Trinajstić information content (AvgIpc) is 2.34. The Morgan fingerprint density at radius 1 is 1.44 bits per heavy atom. The summed E-state index contributed by atoms with van der Waals surface area (Å²) in [5, 5.41) is 5.89. The van der Waals surface area contributed by atoms with E-state index in [9.17, 15) is 4.79 Å². The van der Waals surface area contributed by atoms with Gasteiger partial charge in [-0.2, -0.15) is 0 Å². The van der Waals surface area contributed by atoms with Crippen LogP contribution in [0.5, 0.6) is 0 Å². The van der Waals surface area contributed by atoms with Crippen LogP contribution in [-0.2, 0) is 11.3 Å². The number of hydrogen-bond acceptors (Lipinski definition) is 3. The third-order valence-electron chi connectivity index (χ3n) is 2.13. The lowest BCUT2D eigenvalue weighted by Crippen LogP contribution is -2.19. The van der Waals surface area contributed by atoms with Crippen molar-refractivity contribution in [2.75, 3.05) is 19.3 Å². The molecule has 0 aromatic heterocycles. The molecule has 2 N–H and O–H groups in total. The number of nitrogens with one attached hydrogen (secondary N) is 2. The van der Waals surface area contributed by atoms with E-state index in [1.54, 1.807) is 18.8 Å². The highest BCUT2D eigenvalue weighted by atomic mass is 32.2. The van der Waals surface area contributed by atoms with Crippen LogP contribution < -0.4 is 10.6 Å². The minimum atomic E-state index is 0.0575. The summed E-state index contributed by atoms with van der Waals surface area (Å²) in [6.07, 6.45) is 0. The standard InChI is InChI=1S/C12H18N2OS/c1-3-14-8-10-5-4-6-11(7-10)16-9-12(15)13-2/h4-7,14H,3,8-9H2,1-2H3,(H,13,15). The molecule has 0 bridgehead atoms. The van der Waals surface area contributed by atoms with E-state index in [4.69, 9.17) is 0 Å². The van der Waals surface area contributed by atoms with Crippen LogP contribution in [0.25, 0.3) is 0 Å². The third kappa shape index (κ3) is 4.68. The van der Waals surface area contributed by atoms with Crippen molar-refractivity contribution in [1.82, 2.24) is 10.6 Å². The first kappa shape index (κ1) is 13.1. The smallest absolute Gasteiger partial charge is 0.230 e. The number of benzene rings is 1. The van der Waals surface area contributed by atoms with Gasteiger partial charge in [-0.05, 0) is 24.2 Å². The molecule has 0 unspecified atom stereocenters. The molecule has 1 rings (SSSR count). The molecule has 0 fully saturated rings. The van der Waals surface area contributed by atoms with Gasteiger partial charge in [0.15, 0.2) is 0 Å². The normalized spacial score (nSPS) is 10.1. The van der Waals surface area contributed by atoms with Crippen molar-refractivity contribution < 1.29 is 4.79 Å². The Balaban J connectivity index is 2.50. The van der Waals surface area contributed by atoms with E-state index in [-0.39, 0.29) is 5.91 Å². The van der Waals surface area contributed by atoms with Gasteiger partial charge in [0.2, 0.25) is 5.91 Å². The fraction of sp³-hybridized carbons (Fsp3) is 0.417. The summed E-state index contributed by atoms with van der Waals surface area (Å²) >= 11 is 1.56. The van der Waals surface area contributed by atoms with Crippen molar-refractivity contribution in [2.45, 2.75) is 18.4 Å². The highest BCUT2D eigenvalue weighted by Crippen LogP contribution is 2.18. The van der Waals surface area contributed by atoms with Crippen LogP contribution in [0, 0.1) is 0 Å². The van der Waals surface area contributed by atoms with Crippen molar-refractivity contribution in [3.05, 3.63) is 29.8 Å². The minimum Gasteiger partial charge on any atom is -0.358 e. The van der Waals surface area contributed by atoms with Crippen molar-refractivity contribution in [3.63, 3.8) is 0 Å². The molecule has 0 aliphatic heterocycles. The highest BCUT2D eigenvalue weighted by molar-refractivity contribution is 8.00. The predicted molar refractivity (Wildman–Crippen MR) is 68.6 cm³/mol. The summed E-state index contributed by atoms with van der Waals surface area (Å²) in [5.74, 6) is 0.531. The van der Waals surface area contributed by atoms with Gasteiger partial charge in [-0.1, -0.05) is 19.1 Å². The van der Waals surface area contributed by atoms with E-state index in [2.05, 4.69) is 29.7 Å². The fourth-order valence-corrected chi connectivity index (χ4v) is 2.09. The van der Waals surface area contributed by atoms with Gasteiger partial charge in [0.05, 0.1) is 5.75 Å². The number of thioether (sulfide) groups is 1. The Bertz CT molecular complexity index is 342. The number of carbonyl (C=O) groups excluding carboxylic acids is 1. The van der Waals surface area contributed by atoms with Crippen LogP contribution in [0.2, 0.25) is 0 Å². The lowest BCUT2D eigenvalue weighted by Gasteiger charge is -2.05. The van der Waals surface area contributed by atoms with Crippen LogP contribution >= 0.6 is 11.8 Å². The molecular formula is C12H18N2OS. The summed E-state index contributed by atoms with van der Waals surface area (Å²) in [7, 11) is 1.66. The van der Waals surface area contributed by atoms with E-state index < -0.39 is 0 Å². The zero-order chi connectivity index (χ0) is 11.8. The largest absolute Gasteiger partial charge is 0.358 e. The van der Waals surface area contributed by atoms with E-state index in [1.807, 2.05) is 12.1 Å². The Labute approximate surface area is 101 Å². The number of amides is 1. The maximum absolute atomic E-state index is 11.1. The highest BCUT2D eigenvalue weighted by Gasteiger charge is 2.00. The van der Waals surface area contributed by atoms with Gasteiger partial charge in [0.25, 0.3) is 0 Å². The van der Waals surface area contributed by atoms with Crippen LogP contribution in [-0.4, -0.2) is 25.3 Å². The van der Waals surface area contributed by atoms with Crippen LogP contribution in [0.3, 0.4) is 0 Å². The quantitative estimate of drug-likeness (QED) is 0.740. The first-order valence-electron chi connectivity index (χ1n) is 5.39. The first-order chi connectivity index (χ1) is 7.76. The molecule has 0 saturated heterocycles. The monoisotopic (exact) mass is 238 g/mol. The average molecular weight is 238 g/mol. The maximum Gasteiger partial charge on any atom is 0.230 e. The van der Waals surface area contributed by atoms with Gasteiger partial charge in [-0.25, -0.2) is 0 Å². The lowest BCUT2D eigenvalue weighted by molar-refractivity contribution is -0.118. The summed E-state index contributed by atoms with van der Waals surface area (Å²) in [4.78, 5) is 12.2. The number of carbonyl (C=O) groups is 1. The molecule has 0 saturated carbocycles. The zero-order valence-corrected chi connectivity index (χ0v) is 10.6. The van der Waals surface area contributed by atoms with E-state index >= 15 is 0 Å². The zero-order valence-electron chi connectivity index (χ0n) is 9.75. The number of hydrogen-bond donors (Lipinski definition) is 2. The van der Waals surface area contributed by atoms with Crippen molar-refractivity contribution in [2.24, 2.45) is 0 Å². The number of rotatable bonds is 6. The molecule has 1 aromatic carbocycles. The SMILES string of the molecule is CCNCc1cccc(SCC(=O)NC)c1. The Morgan fingerprint density at radius 3 is 2.94 bits per heavy atom. The van der Waals surface area contributed by atoms with E-state index in [1.165, 1.54) is 5.56 Å². The Hall–Kier alpha value is -1.00. The molecule has 0 atom stereocenters. The Morgan fingerprint density at radius 2 is 2.25 bits per heavy atom. The van der Waals surface area contributed by atoms with Crippen LogP contribution in [0.1, 0.15) is 12.5 Å². The third-order valence-corrected chi connectivity index (χ3v) is 3.12. The molecule has 0 aliphatic rings. The molecule has 0 aliphatic carbocycles. The Kier molecular flexibility index (Phi) is 5.96. The molecule has 88 valence electrons. The van der Waals surface area contributed by atoms with Gasteiger partial charge in [-0.15, -0.1) is 11.8 Å². The molecule has 1 amide bonds. The van der Waals surface area contributed by atoms with Crippen LogP contribution in [0.4, 0.5) is 0 Å². The summed E-state index contributed by atoms with van der Waals surface area (Å²) in [6, 6.07) is 8.27. The minimum absolute atomic E-state index is 0.0575. The molecule has 0 heterocycles. The molecule has 3 nitrogen and oxygen atoms in total. The molecule has 0 radical (unpaired) electrons. The second-order valence-corrected chi connectivity index (χ2v) is 4.44. The predicted octanol–water partition coefficient (Wildman–Crippen LogP) is 1.63. The second kappa shape index (κ2) is 7.30. The molecule has 16 heavy (non-hydrogen) atoms. The maximum atomic E-state index is 11.1. The molecule has 1 aromatic rings. The summed E-state index contributed by atoms with van der Waals surface area (Å²) in [5.41, 5.74) is 1.25. The first-order valence-corrected chi connectivity index (χ1v) is 6.38. The summed E-state index contributed by atoms with van der Waals surface area (Å²) in [6.45, 7) is 3.94.